The normalized spacial score (nSPS) is 11.4. The molecule has 0 radical (unpaired) electrons. The second-order valence-electron chi connectivity index (χ2n) is 3.98. The molecule has 0 bridgehead atoms. The molecule has 0 unspecified atom stereocenters. The molecule has 2 aromatic rings. The Hall–Kier alpha value is -2.44. The number of nitrogen functional groups attached to an aromatic ring is 1. The molecule has 3 nitrogen and oxygen atoms in total. The molecular formula is C13H8F4N2O. The highest BCUT2D eigenvalue weighted by Crippen LogP contribution is 2.33. The monoisotopic (exact) mass is 284 g/mol. The van der Waals surface area contributed by atoms with E-state index in [0.717, 1.165) is 30.6 Å². The van der Waals surface area contributed by atoms with Crippen molar-refractivity contribution in [3.8, 4) is 0 Å². The topological polar surface area (TPSA) is 56.0 Å². The molecule has 0 aliphatic heterocycles. The van der Waals surface area contributed by atoms with Gasteiger partial charge in [-0.25, -0.2) is 4.39 Å². The van der Waals surface area contributed by atoms with Gasteiger partial charge in [0.15, 0.2) is 5.78 Å². The average Bonchev–Trinajstić information content (AvgIpc) is 2.40. The van der Waals surface area contributed by atoms with Crippen LogP contribution < -0.4 is 5.73 Å². The first-order valence-corrected chi connectivity index (χ1v) is 5.41. The van der Waals surface area contributed by atoms with Crippen LogP contribution in [0.5, 0.6) is 0 Å². The Morgan fingerprint density at radius 3 is 2.50 bits per heavy atom. The Balaban J connectivity index is 2.57. The van der Waals surface area contributed by atoms with Crippen molar-refractivity contribution >= 4 is 11.5 Å². The summed E-state index contributed by atoms with van der Waals surface area (Å²) in [4.78, 5) is 15.6. The van der Waals surface area contributed by atoms with Crippen LogP contribution in [0.15, 0.2) is 36.7 Å². The van der Waals surface area contributed by atoms with E-state index in [1.807, 2.05) is 0 Å². The number of ketones is 1. The van der Waals surface area contributed by atoms with Crippen LogP contribution in [0.25, 0.3) is 0 Å². The van der Waals surface area contributed by atoms with Crippen molar-refractivity contribution in [3.63, 3.8) is 0 Å². The van der Waals surface area contributed by atoms with Crippen LogP contribution in [0.2, 0.25) is 0 Å². The van der Waals surface area contributed by atoms with Crippen molar-refractivity contribution in [1.82, 2.24) is 4.98 Å². The molecule has 7 heteroatoms. The summed E-state index contributed by atoms with van der Waals surface area (Å²) in [5.74, 6) is -1.79. The first-order chi connectivity index (χ1) is 9.30. The summed E-state index contributed by atoms with van der Waals surface area (Å²) in [5.41, 5.74) is 3.26. The third-order valence-electron chi connectivity index (χ3n) is 2.63. The van der Waals surface area contributed by atoms with Gasteiger partial charge in [-0.05, 0) is 24.3 Å². The predicted octanol–water partition coefficient (Wildman–Crippen LogP) is 3.05. The fourth-order valence-corrected chi connectivity index (χ4v) is 1.69. The molecular weight excluding hydrogens is 276 g/mol. The SMILES string of the molecule is Nc1ccc(F)cc1C(=O)c1cnccc1C(F)(F)F. The zero-order valence-corrected chi connectivity index (χ0v) is 9.91. The molecule has 0 saturated heterocycles. The number of hydrogen-bond donors (Lipinski definition) is 1. The lowest BCUT2D eigenvalue weighted by Crippen LogP contribution is -2.15. The van der Waals surface area contributed by atoms with Crippen LogP contribution >= 0.6 is 0 Å². The average molecular weight is 284 g/mol. The summed E-state index contributed by atoms with van der Waals surface area (Å²) in [5, 5.41) is 0. The molecule has 0 aliphatic rings. The number of benzene rings is 1. The number of pyridine rings is 1. The number of halogens is 4. The molecule has 2 N–H and O–H groups in total. The lowest BCUT2D eigenvalue weighted by Gasteiger charge is -2.12. The van der Waals surface area contributed by atoms with Gasteiger partial charge in [-0.1, -0.05) is 0 Å². The fourth-order valence-electron chi connectivity index (χ4n) is 1.69. The summed E-state index contributed by atoms with van der Waals surface area (Å²) in [6.07, 6.45) is -3.00. The molecule has 0 atom stereocenters. The highest BCUT2D eigenvalue weighted by atomic mass is 19.4. The summed E-state index contributed by atoms with van der Waals surface area (Å²) in [6, 6.07) is 3.61. The van der Waals surface area contributed by atoms with Gasteiger partial charge in [0.05, 0.1) is 11.1 Å². The van der Waals surface area contributed by atoms with E-state index in [0.29, 0.717) is 6.07 Å². The van der Waals surface area contributed by atoms with Crippen molar-refractivity contribution < 1.29 is 22.4 Å². The third-order valence-corrected chi connectivity index (χ3v) is 2.63. The van der Waals surface area contributed by atoms with Gasteiger partial charge in [-0.2, -0.15) is 13.2 Å². The zero-order chi connectivity index (χ0) is 14.9. The molecule has 0 aliphatic carbocycles. The standard InChI is InChI=1S/C13H8F4N2O/c14-7-1-2-11(18)8(5-7)12(20)9-6-19-4-3-10(9)13(15,16)17/h1-6H,18H2. The van der Waals surface area contributed by atoms with E-state index >= 15 is 0 Å². The molecule has 0 amide bonds. The van der Waals surface area contributed by atoms with Gasteiger partial charge in [-0.15, -0.1) is 0 Å². The van der Waals surface area contributed by atoms with Gasteiger partial charge in [0, 0.05) is 23.6 Å². The third kappa shape index (κ3) is 2.61. The van der Waals surface area contributed by atoms with Crippen LogP contribution in [-0.4, -0.2) is 10.8 Å². The number of aromatic nitrogens is 1. The number of carbonyl (C=O) groups is 1. The van der Waals surface area contributed by atoms with Gasteiger partial charge >= 0.3 is 6.18 Å². The molecule has 20 heavy (non-hydrogen) atoms. The zero-order valence-electron chi connectivity index (χ0n) is 9.91. The summed E-state index contributed by atoms with van der Waals surface area (Å²) in [7, 11) is 0. The van der Waals surface area contributed by atoms with E-state index in [9.17, 15) is 22.4 Å². The Kier molecular flexibility index (Phi) is 3.44. The van der Waals surface area contributed by atoms with E-state index in [1.165, 1.54) is 0 Å². The van der Waals surface area contributed by atoms with Crippen molar-refractivity contribution in [1.29, 1.82) is 0 Å². The minimum atomic E-state index is -4.71. The maximum absolute atomic E-state index is 13.1. The minimum absolute atomic E-state index is 0.103. The highest BCUT2D eigenvalue weighted by Gasteiger charge is 2.35. The van der Waals surface area contributed by atoms with Crippen LogP contribution in [-0.2, 0) is 6.18 Å². The quantitative estimate of drug-likeness (QED) is 0.524. The number of alkyl halides is 3. The molecule has 1 aromatic heterocycles. The van der Waals surface area contributed by atoms with Crippen LogP contribution in [0.1, 0.15) is 21.5 Å². The van der Waals surface area contributed by atoms with Gasteiger partial charge in [0.1, 0.15) is 5.82 Å². The maximum atomic E-state index is 13.1. The Labute approximate surface area is 111 Å². The Bertz CT molecular complexity index is 668. The maximum Gasteiger partial charge on any atom is 0.417 e. The number of carbonyl (C=O) groups excluding carboxylic acids is 1. The van der Waals surface area contributed by atoms with Crippen molar-refractivity contribution in [2.24, 2.45) is 0 Å². The van der Waals surface area contributed by atoms with Crippen molar-refractivity contribution in [2.75, 3.05) is 5.73 Å². The number of nitrogens with two attached hydrogens (primary N) is 1. The number of rotatable bonds is 2. The second kappa shape index (κ2) is 4.92. The van der Waals surface area contributed by atoms with Crippen LogP contribution in [0.4, 0.5) is 23.2 Å². The largest absolute Gasteiger partial charge is 0.417 e. The van der Waals surface area contributed by atoms with Gasteiger partial charge < -0.3 is 5.73 Å². The van der Waals surface area contributed by atoms with E-state index in [-0.39, 0.29) is 11.3 Å². The summed E-state index contributed by atoms with van der Waals surface area (Å²) >= 11 is 0. The summed E-state index contributed by atoms with van der Waals surface area (Å²) < 4.78 is 51.6. The van der Waals surface area contributed by atoms with E-state index in [2.05, 4.69) is 4.98 Å². The smallest absolute Gasteiger partial charge is 0.398 e. The van der Waals surface area contributed by atoms with Gasteiger partial charge in [-0.3, -0.25) is 9.78 Å². The minimum Gasteiger partial charge on any atom is -0.398 e. The fraction of sp³-hybridized carbons (Fsp3) is 0.0769. The van der Waals surface area contributed by atoms with Crippen LogP contribution in [0.3, 0.4) is 0 Å². The molecule has 2 rings (SSSR count). The van der Waals surface area contributed by atoms with Crippen molar-refractivity contribution in [2.45, 2.75) is 6.18 Å². The van der Waals surface area contributed by atoms with Crippen LogP contribution in [0, 0.1) is 5.82 Å². The first kappa shape index (κ1) is 14.0. The summed E-state index contributed by atoms with van der Waals surface area (Å²) in [6.45, 7) is 0. The second-order valence-corrected chi connectivity index (χ2v) is 3.98. The molecule has 104 valence electrons. The van der Waals surface area contributed by atoms with E-state index in [4.69, 9.17) is 5.73 Å². The molecule has 0 saturated carbocycles. The Morgan fingerprint density at radius 1 is 1.15 bits per heavy atom. The molecule has 0 spiro atoms. The van der Waals surface area contributed by atoms with Gasteiger partial charge in [0.2, 0.25) is 0 Å². The van der Waals surface area contributed by atoms with Crippen molar-refractivity contribution in [3.05, 3.63) is 59.2 Å². The first-order valence-electron chi connectivity index (χ1n) is 5.41. The van der Waals surface area contributed by atoms with E-state index < -0.39 is 28.9 Å². The number of hydrogen-bond acceptors (Lipinski definition) is 3. The number of nitrogens with zero attached hydrogens (tertiary/aromatic N) is 1. The highest BCUT2D eigenvalue weighted by molar-refractivity contribution is 6.12. The lowest BCUT2D eigenvalue weighted by atomic mass is 9.99. The molecule has 1 aromatic carbocycles. The Morgan fingerprint density at radius 2 is 1.85 bits per heavy atom. The number of anilines is 1. The lowest BCUT2D eigenvalue weighted by molar-refractivity contribution is -0.137. The molecule has 1 heterocycles. The van der Waals surface area contributed by atoms with E-state index in [1.54, 1.807) is 0 Å². The predicted molar refractivity (Wildman–Crippen MR) is 63.5 cm³/mol. The molecule has 0 fully saturated rings. The van der Waals surface area contributed by atoms with Gasteiger partial charge in [0.25, 0.3) is 0 Å².